The van der Waals surface area contributed by atoms with Crippen LogP contribution in [0.5, 0.6) is 0 Å². The predicted octanol–water partition coefficient (Wildman–Crippen LogP) is 8.94. The molecule has 0 radical (unpaired) electrons. The first-order valence-corrected chi connectivity index (χ1v) is 20.3. The fraction of sp³-hybridized carbons (Fsp3) is 0.816. The summed E-state index contributed by atoms with van der Waals surface area (Å²) in [4.78, 5) is 23.6. The fourth-order valence-electron chi connectivity index (χ4n) is 5.16. The number of aliphatic hydroxyl groups is 1. The van der Waals surface area contributed by atoms with Gasteiger partial charge >= 0.3 is 0 Å². The largest absolute Gasteiger partial charge is 0.756 e. The molecule has 8 nitrogen and oxygen atoms in total. The third-order valence-electron chi connectivity index (χ3n) is 8.12. The third kappa shape index (κ3) is 34.4. The highest BCUT2D eigenvalue weighted by molar-refractivity contribution is 7.45. The number of phosphoric acid groups is 1. The number of nitrogens with zero attached hydrogens (tertiary/aromatic N) is 1. The Kier molecular flexibility index (Phi) is 29.9. The smallest absolute Gasteiger partial charge is 0.268 e. The van der Waals surface area contributed by atoms with Crippen LogP contribution in [0.15, 0.2) is 36.5 Å². The van der Waals surface area contributed by atoms with Gasteiger partial charge in [-0.3, -0.25) is 9.36 Å². The molecule has 0 aliphatic carbocycles. The van der Waals surface area contributed by atoms with Crippen LogP contribution in [0, 0.1) is 0 Å². The quantitative estimate of drug-likeness (QED) is 0.0309. The number of nitrogens with one attached hydrogen (secondary N) is 1. The lowest BCUT2D eigenvalue weighted by atomic mass is 10.0. The van der Waals surface area contributed by atoms with Crippen LogP contribution < -0.4 is 10.2 Å². The van der Waals surface area contributed by atoms with Crippen molar-refractivity contribution in [1.29, 1.82) is 0 Å². The van der Waals surface area contributed by atoms with Gasteiger partial charge in [0, 0.05) is 6.92 Å². The number of carbonyl (C=O) groups excluding carboxylic acids is 1. The van der Waals surface area contributed by atoms with E-state index in [1.54, 1.807) is 6.08 Å². The molecule has 9 heteroatoms. The van der Waals surface area contributed by atoms with Gasteiger partial charge in [0.05, 0.1) is 39.9 Å². The molecule has 0 rings (SSSR count). The molecule has 0 spiro atoms. The lowest BCUT2D eigenvalue weighted by molar-refractivity contribution is -0.870. The minimum absolute atomic E-state index is 0.0130. The maximum atomic E-state index is 12.1. The maximum Gasteiger partial charge on any atom is 0.268 e. The number of quaternary nitrogens is 1. The number of amides is 1. The van der Waals surface area contributed by atoms with E-state index in [0.29, 0.717) is 11.0 Å². The van der Waals surface area contributed by atoms with E-state index in [-0.39, 0.29) is 12.5 Å². The molecule has 0 saturated heterocycles. The van der Waals surface area contributed by atoms with E-state index in [1.165, 1.54) is 116 Å². The Morgan fingerprint density at radius 1 is 0.723 bits per heavy atom. The van der Waals surface area contributed by atoms with Crippen LogP contribution in [0.3, 0.4) is 0 Å². The Morgan fingerprint density at radius 3 is 1.60 bits per heavy atom. The van der Waals surface area contributed by atoms with Crippen LogP contribution in [0.4, 0.5) is 0 Å². The van der Waals surface area contributed by atoms with Gasteiger partial charge in [0.15, 0.2) is 0 Å². The highest BCUT2D eigenvalue weighted by Gasteiger charge is 2.22. The normalized spacial score (nSPS) is 15.1. The fourth-order valence-corrected chi connectivity index (χ4v) is 5.88. The first-order chi connectivity index (χ1) is 22.5. The molecule has 0 saturated carbocycles. The molecule has 276 valence electrons. The lowest BCUT2D eigenvalue weighted by Gasteiger charge is -2.29. The summed E-state index contributed by atoms with van der Waals surface area (Å²) in [5.41, 5.74) is 0. The van der Waals surface area contributed by atoms with Crippen molar-refractivity contribution in [3.8, 4) is 0 Å². The second-order valence-corrected chi connectivity index (χ2v) is 15.4. The number of hydrogen-bond acceptors (Lipinski definition) is 6. The standard InChI is InChI=1S/C38H73N2O6P/c1-6-7-8-9-10-11-12-13-14-15-16-17-18-19-20-21-22-23-24-25-26-27-28-29-30-31-32-38(42)37(39-36(2)41)35-46-47(43,44)45-34-33-40(3,4)5/h23-24,27-28,31-32,37-38,42H,6-22,25-26,29-30,33-35H2,1-5H3,(H-,39,41,43,44)/b24-23+,28-27+,32-31+. The van der Waals surface area contributed by atoms with Gasteiger partial charge in [-0.25, -0.2) is 0 Å². The Morgan fingerprint density at radius 2 is 1.15 bits per heavy atom. The summed E-state index contributed by atoms with van der Waals surface area (Å²) in [5, 5.41) is 13.0. The SMILES string of the molecule is CCCCCCCCCCCCCCCCCC/C=C/CC/C=C/CC/C=C/C(O)C(COP(=O)([O-])OCC[N+](C)(C)C)NC(C)=O. The van der Waals surface area contributed by atoms with Crippen LogP contribution in [-0.2, 0) is 18.4 Å². The van der Waals surface area contributed by atoms with Gasteiger partial charge in [-0.05, 0) is 38.5 Å². The number of likely N-dealkylation sites (N-methyl/N-ethyl adjacent to an activating group) is 1. The van der Waals surface area contributed by atoms with E-state index < -0.39 is 26.6 Å². The summed E-state index contributed by atoms with van der Waals surface area (Å²) < 4.78 is 22.4. The van der Waals surface area contributed by atoms with Gasteiger partial charge in [0.1, 0.15) is 13.2 Å². The van der Waals surface area contributed by atoms with E-state index in [2.05, 4.69) is 36.5 Å². The third-order valence-corrected chi connectivity index (χ3v) is 9.08. The van der Waals surface area contributed by atoms with Crippen LogP contribution in [0.1, 0.15) is 149 Å². The predicted molar refractivity (Wildman–Crippen MR) is 196 cm³/mol. The summed E-state index contributed by atoms with van der Waals surface area (Å²) in [6, 6.07) is -0.908. The molecule has 2 N–H and O–H groups in total. The first kappa shape index (κ1) is 45.7. The van der Waals surface area contributed by atoms with Crippen LogP contribution in [0.25, 0.3) is 0 Å². The van der Waals surface area contributed by atoms with Gasteiger partial charge < -0.3 is 28.8 Å². The Labute approximate surface area is 289 Å². The molecule has 0 fully saturated rings. The van der Waals surface area contributed by atoms with Crippen molar-refractivity contribution in [2.75, 3.05) is 40.9 Å². The monoisotopic (exact) mass is 685 g/mol. The summed E-state index contributed by atoms with van der Waals surface area (Å²) in [6.45, 7) is 3.65. The highest BCUT2D eigenvalue weighted by Crippen LogP contribution is 2.38. The number of allylic oxidation sites excluding steroid dienone is 5. The number of unbranched alkanes of at least 4 members (excludes halogenated alkanes) is 18. The second kappa shape index (κ2) is 30.8. The molecule has 0 heterocycles. The number of rotatable bonds is 33. The van der Waals surface area contributed by atoms with Crippen LogP contribution in [0.2, 0.25) is 0 Å². The van der Waals surface area contributed by atoms with Crippen molar-refractivity contribution in [3.05, 3.63) is 36.5 Å². The summed E-state index contributed by atoms with van der Waals surface area (Å²) in [7, 11) is 1.22. The number of carbonyl (C=O) groups is 1. The topological polar surface area (TPSA) is 108 Å². The van der Waals surface area contributed by atoms with Crippen molar-refractivity contribution in [2.24, 2.45) is 0 Å². The zero-order chi connectivity index (χ0) is 35.1. The minimum Gasteiger partial charge on any atom is -0.756 e. The van der Waals surface area contributed by atoms with Crippen molar-refractivity contribution >= 4 is 13.7 Å². The molecule has 3 unspecified atom stereocenters. The van der Waals surface area contributed by atoms with Gasteiger partial charge in [-0.15, -0.1) is 0 Å². The Bertz CT molecular complexity index is 871. The molecular formula is C38H73N2O6P. The minimum atomic E-state index is -4.55. The highest BCUT2D eigenvalue weighted by atomic mass is 31.2. The molecule has 0 aromatic carbocycles. The molecule has 0 aromatic rings. The van der Waals surface area contributed by atoms with Crippen LogP contribution in [-0.4, -0.2) is 68.5 Å². The Balaban J connectivity index is 3.84. The number of phosphoric ester groups is 1. The van der Waals surface area contributed by atoms with Crippen molar-refractivity contribution in [3.63, 3.8) is 0 Å². The summed E-state index contributed by atoms with van der Waals surface area (Å²) in [5.74, 6) is -0.389. The van der Waals surface area contributed by atoms with Gasteiger partial charge in [0.2, 0.25) is 5.91 Å². The van der Waals surface area contributed by atoms with E-state index in [1.807, 2.05) is 27.2 Å². The van der Waals surface area contributed by atoms with Gasteiger partial charge in [0.25, 0.3) is 7.82 Å². The average molecular weight is 685 g/mol. The van der Waals surface area contributed by atoms with Crippen molar-refractivity contribution < 1.29 is 32.9 Å². The second-order valence-electron chi connectivity index (χ2n) is 14.0. The van der Waals surface area contributed by atoms with Crippen molar-refractivity contribution in [2.45, 2.75) is 161 Å². The number of hydrogen-bond donors (Lipinski definition) is 2. The lowest BCUT2D eigenvalue weighted by Crippen LogP contribution is -2.45. The maximum absolute atomic E-state index is 12.1. The van der Waals surface area contributed by atoms with Gasteiger partial charge in [-0.2, -0.15) is 0 Å². The number of aliphatic hydroxyl groups excluding tert-OH is 1. The summed E-state index contributed by atoms with van der Waals surface area (Å²) in [6.07, 6.45) is 38.5. The van der Waals surface area contributed by atoms with E-state index in [0.717, 1.165) is 25.7 Å². The molecule has 0 bridgehead atoms. The van der Waals surface area contributed by atoms with Gasteiger partial charge in [-0.1, -0.05) is 140 Å². The van der Waals surface area contributed by atoms with Crippen LogP contribution >= 0.6 is 7.82 Å². The zero-order valence-corrected chi connectivity index (χ0v) is 31.9. The van der Waals surface area contributed by atoms with E-state index in [4.69, 9.17) is 9.05 Å². The molecule has 1 amide bonds. The molecule has 0 aliphatic heterocycles. The molecule has 3 atom stereocenters. The summed E-state index contributed by atoms with van der Waals surface area (Å²) >= 11 is 0. The molecular weight excluding hydrogens is 611 g/mol. The van der Waals surface area contributed by atoms with E-state index >= 15 is 0 Å². The zero-order valence-electron chi connectivity index (χ0n) is 31.0. The molecule has 0 aliphatic rings. The Hall–Kier alpha value is -1.28. The van der Waals surface area contributed by atoms with Crippen molar-refractivity contribution in [1.82, 2.24) is 5.32 Å². The molecule has 0 aromatic heterocycles. The molecule has 47 heavy (non-hydrogen) atoms. The average Bonchev–Trinajstić information content (AvgIpc) is 3.00. The first-order valence-electron chi connectivity index (χ1n) is 18.8. The van der Waals surface area contributed by atoms with E-state index in [9.17, 15) is 19.4 Å².